The molecule has 152 valence electrons. The average molecular weight is 395 g/mol. The van der Waals surface area contributed by atoms with Gasteiger partial charge in [0.25, 0.3) is 5.91 Å². The van der Waals surface area contributed by atoms with Crippen molar-refractivity contribution in [2.75, 3.05) is 37.7 Å². The van der Waals surface area contributed by atoms with Gasteiger partial charge in [-0.3, -0.25) is 4.79 Å². The van der Waals surface area contributed by atoms with E-state index in [1.165, 1.54) is 6.42 Å². The number of likely N-dealkylation sites (tertiary alicyclic amines) is 1. The number of benzene rings is 1. The second-order valence-electron chi connectivity index (χ2n) is 7.16. The number of esters is 1. The maximum absolute atomic E-state index is 12.8. The predicted molar refractivity (Wildman–Crippen MR) is 109 cm³/mol. The Morgan fingerprint density at radius 3 is 2.69 bits per heavy atom. The molecule has 0 radical (unpaired) electrons. The van der Waals surface area contributed by atoms with E-state index in [1.807, 2.05) is 28.0 Å². The normalized spacial score (nSPS) is 16.0. The Kier molecular flexibility index (Phi) is 5.64. The van der Waals surface area contributed by atoms with Gasteiger partial charge in [0, 0.05) is 24.8 Å². The van der Waals surface area contributed by atoms with E-state index >= 15 is 0 Å². The molecule has 0 atom stereocenters. The van der Waals surface area contributed by atoms with Gasteiger partial charge in [0.2, 0.25) is 0 Å². The van der Waals surface area contributed by atoms with Crippen LogP contribution in [0.4, 0.5) is 11.5 Å². The average Bonchev–Trinajstić information content (AvgIpc) is 2.78. The molecule has 7 heteroatoms. The molecule has 0 aliphatic carbocycles. The lowest BCUT2D eigenvalue weighted by molar-refractivity contribution is 0.0526. The van der Waals surface area contributed by atoms with Crippen molar-refractivity contribution >= 4 is 23.4 Å². The summed E-state index contributed by atoms with van der Waals surface area (Å²) in [4.78, 5) is 33.2. The summed E-state index contributed by atoms with van der Waals surface area (Å²) in [6.45, 7) is 4.80. The highest BCUT2D eigenvalue weighted by Crippen LogP contribution is 2.37. The Morgan fingerprint density at radius 1 is 1.07 bits per heavy atom. The van der Waals surface area contributed by atoms with E-state index in [9.17, 15) is 9.59 Å². The van der Waals surface area contributed by atoms with Crippen LogP contribution in [0.25, 0.3) is 0 Å². The molecule has 1 fully saturated rings. The molecule has 4 rings (SSSR count). The van der Waals surface area contributed by atoms with Gasteiger partial charge < -0.3 is 19.3 Å². The van der Waals surface area contributed by atoms with E-state index in [4.69, 9.17) is 9.47 Å². The molecule has 1 aromatic carbocycles. The predicted octanol–water partition coefficient (Wildman–Crippen LogP) is 3.41. The minimum atomic E-state index is -0.368. The zero-order chi connectivity index (χ0) is 20.2. The van der Waals surface area contributed by atoms with Crippen molar-refractivity contribution in [3.63, 3.8) is 0 Å². The van der Waals surface area contributed by atoms with Crippen LogP contribution in [0.15, 0.2) is 36.5 Å². The third-order valence-corrected chi connectivity index (χ3v) is 5.25. The first-order valence-electron chi connectivity index (χ1n) is 10.1. The van der Waals surface area contributed by atoms with Crippen molar-refractivity contribution < 1.29 is 19.1 Å². The number of rotatable bonds is 4. The molecule has 0 unspecified atom stereocenters. The number of fused-ring (bicyclic) bond motifs is 1. The molecule has 1 aromatic heterocycles. The SMILES string of the molecule is CCOC(=O)c1ccnc(N2CCOc3cc(C(=O)N4CCCCC4)ccc32)c1. The number of carbonyl (C=O) groups excluding carboxylic acids is 2. The fraction of sp³-hybridized carbons (Fsp3) is 0.409. The Labute approximate surface area is 170 Å². The van der Waals surface area contributed by atoms with Crippen LogP contribution in [0.1, 0.15) is 46.9 Å². The number of anilines is 2. The molecular formula is C22H25N3O4. The summed E-state index contributed by atoms with van der Waals surface area (Å²) in [5.41, 5.74) is 1.93. The molecule has 2 aromatic rings. The number of ether oxygens (including phenoxy) is 2. The van der Waals surface area contributed by atoms with Gasteiger partial charge in [-0.2, -0.15) is 0 Å². The highest BCUT2D eigenvalue weighted by Gasteiger charge is 2.25. The van der Waals surface area contributed by atoms with Crippen LogP contribution in [0.3, 0.4) is 0 Å². The Bertz CT molecular complexity index is 909. The van der Waals surface area contributed by atoms with Gasteiger partial charge in [0.05, 0.1) is 24.4 Å². The minimum Gasteiger partial charge on any atom is -0.490 e. The number of amides is 1. The maximum atomic E-state index is 12.8. The van der Waals surface area contributed by atoms with E-state index in [-0.39, 0.29) is 11.9 Å². The number of aromatic nitrogens is 1. The highest BCUT2D eigenvalue weighted by molar-refractivity contribution is 5.96. The number of pyridine rings is 1. The molecule has 0 saturated carbocycles. The summed E-state index contributed by atoms with van der Waals surface area (Å²) in [7, 11) is 0. The lowest BCUT2D eigenvalue weighted by Gasteiger charge is -2.31. The molecule has 3 heterocycles. The summed E-state index contributed by atoms with van der Waals surface area (Å²) in [6.07, 6.45) is 4.90. The Morgan fingerprint density at radius 2 is 1.90 bits per heavy atom. The Hall–Kier alpha value is -3.09. The van der Waals surface area contributed by atoms with E-state index in [0.29, 0.717) is 42.5 Å². The van der Waals surface area contributed by atoms with Crippen molar-refractivity contribution in [1.82, 2.24) is 9.88 Å². The van der Waals surface area contributed by atoms with Crippen LogP contribution in [0, 0.1) is 0 Å². The molecule has 1 saturated heterocycles. The van der Waals surface area contributed by atoms with E-state index in [1.54, 1.807) is 25.3 Å². The van der Waals surface area contributed by atoms with Crippen molar-refractivity contribution in [3.05, 3.63) is 47.7 Å². The number of nitrogens with zero attached hydrogens (tertiary/aromatic N) is 3. The van der Waals surface area contributed by atoms with Crippen LogP contribution >= 0.6 is 0 Å². The first-order valence-corrected chi connectivity index (χ1v) is 10.1. The van der Waals surface area contributed by atoms with Gasteiger partial charge in [-0.25, -0.2) is 9.78 Å². The second-order valence-corrected chi connectivity index (χ2v) is 7.16. The van der Waals surface area contributed by atoms with Gasteiger partial charge in [-0.1, -0.05) is 0 Å². The van der Waals surface area contributed by atoms with E-state index in [2.05, 4.69) is 4.98 Å². The van der Waals surface area contributed by atoms with Crippen molar-refractivity contribution in [3.8, 4) is 5.75 Å². The van der Waals surface area contributed by atoms with Gasteiger partial charge in [-0.05, 0) is 56.5 Å². The molecule has 0 bridgehead atoms. The number of hydrogen-bond acceptors (Lipinski definition) is 6. The van der Waals surface area contributed by atoms with Gasteiger partial charge in [0.1, 0.15) is 18.2 Å². The monoisotopic (exact) mass is 395 g/mol. The van der Waals surface area contributed by atoms with Gasteiger partial charge in [-0.15, -0.1) is 0 Å². The quantitative estimate of drug-likeness (QED) is 0.739. The molecule has 2 aliphatic rings. The largest absolute Gasteiger partial charge is 0.490 e. The van der Waals surface area contributed by atoms with Gasteiger partial charge in [0.15, 0.2) is 0 Å². The molecular weight excluding hydrogens is 370 g/mol. The maximum Gasteiger partial charge on any atom is 0.338 e. The minimum absolute atomic E-state index is 0.0515. The number of hydrogen-bond donors (Lipinski definition) is 0. The van der Waals surface area contributed by atoms with Crippen LogP contribution in [-0.2, 0) is 4.74 Å². The molecule has 29 heavy (non-hydrogen) atoms. The zero-order valence-corrected chi connectivity index (χ0v) is 16.6. The smallest absolute Gasteiger partial charge is 0.338 e. The zero-order valence-electron chi connectivity index (χ0n) is 16.6. The lowest BCUT2D eigenvalue weighted by atomic mass is 10.1. The van der Waals surface area contributed by atoms with Crippen molar-refractivity contribution in [2.45, 2.75) is 26.2 Å². The number of carbonyl (C=O) groups is 2. The van der Waals surface area contributed by atoms with Crippen molar-refractivity contribution in [1.29, 1.82) is 0 Å². The summed E-state index contributed by atoms with van der Waals surface area (Å²) in [6, 6.07) is 8.91. The topological polar surface area (TPSA) is 72.0 Å². The summed E-state index contributed by atoms with van der Waals surface area (Å²) >= 11 is 0. The van der Waals surface area contributed by atoms with Crippen LogP contribution < -0.4 is 9.64 Å². The summed E-state index contributed by atoms with van der Waals surface area (Å²) in [5, 5.41) is 0. The van der Waals surface area contributed by atoms with Crippen LogP contribution in [0.2, 0.25) is 0 Å². The van der Waals surface area contributed by atoms with Crippen molar-refractivity contribution in [2.24, 2.45) is 0 Å². The molecule has 0 spiro atoms. The first kappa shape index (κ1) is 19.2. The van der Waals surface area contributed by atoms with Crippen LogP contribution in [-0.4, -0.2) is 54.6 Å². The van der Waals surface area contributed by atoms with Gasteiger partial charge >= 0.3 is 5.97 Å². The number of piperidine rings is 1. The third kappa shape index (κ3) is 4.04. The Balaban J connectivity index is 1.60. The standard InChI is InChI=1S/C22H25N3O4/c1-2-28-22(27)17-8-9-23-20(15-17)25-12-13-29-19-14-16(6-7-18(19)25)21(26)24-10-4-3-5-11-24/h6-9,14-15H,2-5,10-13H2,1H3. The fourth-order valence-electron chi connectivity index (χ4n) is 3.78. The van der Waals surface area contributed by atoms with E-state index in [0.717, 1.165) is 31.6 Å². The molecule has 7 nitrogen and oxygen atoms in total. The molecule has 2 aliphatic heterocycles. The summed E-state index contributed by atoms with van der Waals surface area (Å²) in [5.74, 6) is 0.987. The van der Waals surface area contributed by atoms with Crippen LogP contribution in [0.5, 0.6) is 5.75 Å². The third-order valence-electron chi connectivity index (χ3n) is 5.25. The van der Waals surface area contributed by atoms with E-state index < -0.39 is 0 Å². The summed E-state index contributed by atoms with van der Waals surface area (Å²) < 4.78 is 10.9. The lowest BCUT2D eigenvalue weighted by Crippen LogP contribution is -2.36. The molecule has 1 amide bonds. The second kappa shape index (κ2) is 8.51. The first-order chi connectivity index (χ1) is 14.2. The fourth-order valence-corrected chi connectivity index (χ4v) is 3.78. The molecule has 0 N–H and O–H groups in total. The highest BCUT2D eigenvalue weighted by atomic mass is 16.5.